The molecule has 1 aliphatic heterocycles. The van der Waals surface area contributed by atoms with Gasteiger partial charge in [-0.2, -0.15) is 0 Å². The molecule has 1 saturated heterocycles. The summed E-state index contributed by atoms with van der Waals surface area (Å²) in [6.07, 6.45) is -5.53. The zero-order valence-corrected chi connectivity index (χ0v) is 18.7. The van der Waals surface area contributed by atoms with Crippen LogP contribution in [0.5, 0.6) is 0 Å². The lowest BCUT2D eigenvalue weighted by Gasteiger charge is -2.45. The molecule has 0 aromatic heterocycles. The van der Waals surface area contributed by atoms with Gasteiger partial charge in [0.25, 0.3) is 0 Å². The van der Waals surface area contributed by atoms with Gasteiger partial charge in [-0.3, -0.25) is 4.79 Å². The molecule has 0 radical (unpaired) electrons. The molecule has 14 heteroatoms. The summed E-state index contributed by atoms with van der Waals surface area (Å²) < 4.78 is 17.1. The largest absolute Gasteiger partial charge is 0.441 e. The molecule has 1 aliphatic carbocycles. The molecule has 0 unspecified atom stereocenters. The average molecular weight is 478 g/mol. The maximum atomic E-state index is 12.3. The Morgan fingerprint density at radius 1 is 1.09 bits per heavy atom. The predicted molar refractivity (Wildman–Crippen MR) is 117 cm³/mol. The average Bonchev–Trinajstić information content (AvgIpc) is 2.78. The van der Waals surface area contributed by atoms with Crippen LogP contribution in [-0.4, -0.2) is 103 Å². The van der Waals surface area contributed by atoms with Crippen LogP contribution in [0.1, 0.15) is 25.7 Å². The molecule has 2 rings (SSSR count). The molecule has 0 aromatic carbocycles. The molecular formula is C19H39N7O7. The fourth-order valence-corrected chi connectivity index (χ4v) is 3.96. The molecule has 0 bridgehead atoms. The Kier molecular flexibility index (Phi) is 11.1. The molecule has 2 aliphatic rings. The van der Waals surface area contributed by atoms with E-state index in [-0.39, 0.29) is 45.1 Å². The summed E-state index contributed by atoms with van der Waals surface area (Å²) in [7, 11) is 0. The minimum atomic E-state index is -1.43. The summed E-state index contributed by atoms with van der Waals surface area (Å²) in [6, 6.07) is -2.11. The Balaban J connectivity index is 2.16. The number of alkyl carbamates (subject to hydrolysis) is 1. The van der Waals surface area contributed by atoms with Gasteiger partial charge in [0.15, 0.2) is 12.4 Å². The van der Waals surface area contributed by atoms with Gasteiger partial charge in [0.05, 0.1) is 18.2 Å². The van der Waals surface area contributed by atoms with Crippen molar-refractivity contribution >= 4 is 12.0 Å². The van der Waals surface area contributed by atoms with Crippen molar-refractivity contribution in [1.29, 1.82) is 0 Å². The second-order valence-corrected chi connectivity index (χ2v) is 8.39. The molecule has 14 N–H and O–H groups in total. The Morgan fingerprint density at radius 3 is 2.45 bits per heavy atom. The number of ether oxygens (including phenoxy) is 3. The van der Waals surface area contributed by atoms with E-state index in [4.69, 9.17) is 42.9 Å². The van der Waals surface area contributed by atoms with E-state index >= 15 is 0 Å². The van der Waals surface area contributed by atoms with Gasteiger partial charge in [0, 0.05) is 25.7 Å². The monoisotopic (exact) mass is 477 g/mol. The maximum absolute atomic E-state index is 12.3. The van der Waals surface area contributed by atoms with Crippen LogP contribution in [0.3, 0.4) is 0 Å². The van der Waals surface area contributed by atoms with Gasteiger partial charge < -0.3 is 63.7 Å². The third-order valence-corrected chi connectivity index (χ3v) is 5.80. The van der Waals surface area contributed by atoms with Crippen LogP contribution in [-0.2, 0) is 19.0 Å². The van der Waals surface area contributed by atoms with E-state index in [0.717, 1.165) is 0 Å². The minimum Gasteiger partial charge on any atom is -0.441 e. The lowest BCUT2D eigenvalue weighted by molar-refractivity contribution is -0.252. The maximum Gasteiger partial charge on any atom is 0.407 e. The van der Waals surface area contributed by atoms with Gasteiger partial charge >= 0.3 is 6.09 Å². The standard InChI is InChI=1S/C19H39N7O7/c20-4-3-13(27)17(29)26-12-7-11(24)15(14(28)16(12)33-19(30)25-6-5-21)32-18-10(23)2-1-9(8-22)31-18/h9-16,18,27-28H,1-8,20-24H2,(H,25,30)(H,26,29)/t9-,10+,11-,12+,13-,14-,15+,16-,18+/m0/s1. The third-order valence-electron chi connectivity index (χ3n) is 5.80. The Bertz CT molecular complexity index is 631. The van der Waals surface area contributed by atoms with Crippen LogP contribution in [0.2, 0.25) is 0 Å². The number of nitrogens with two attached hydrogens (primary N) is 5. The highest BCUT2D eigenvalue weighted by molar-refractivity contribution is 5.81. The van der Waals surface area contributed by atoms with Crippen molar-refractivity contribution in [2.45, 2.75) is 80.6 Å². The van der Waals surface area contributed by atoms with E-state index in [1.165, 1.54) is 0 Å². The van der Waals surface area contributed by atoms with Gasteiger partial charge in [-0.1, -0.05) is 0 Å². The van der Waals surface area contributed by atoms with Crippen molar-refractivity contribution in [2.75, 3.05) is 26.2 Å². The minimum absolute atomic E-state index is 0.0423. The highest BCUT2D eigenvalue weighted by atomic mass is 16.7. The topological polar surface area (TPSA) is 256 Å². The smallest absolute Gasteiger partial charge is 0.407 e. The van der Waals surface area contributed by atoms with Crippen molar-refractivity contribution in [3.05, 3.63) is 0 Å². The van der Waals surface area contributed by atoms with E-state index in [1.807, 2.05) is 0 Å². The normalized spacial score (nSPS) is 35.5. The first-order valence-electron chi connectivity index (χ1n) is 11.2. The lowest BCUT2D eigenvalue weighted by atomic mass is 9.83. The highest BCUT2D eigenvalue weighted by Gasteiger charge is 2.48. The van der Waals surface area contributed by atoms with Crippen molar-refractivity contribution < 1.29 is 34.0 Å². The van der Waals surface area contributed by atoms with Crippen molar-refractivity contribution in [1.82, 2.24) is 10.6 Å². The number of nitrogens with one attached hydrogen (secondary N) is 2. The lowest BCUT2D eigenvalue weighted by Crippen LogP contribution is -2.67. The fraction of sp³-hybridized carbons (Fsp3) is 0.895. The number of aliphatic hydroxyl groups excluding tert-OH is 2. The summed E-state index contributed by atoms with van der Waals surface area (Å²) in [5.41, 5.74) is 28.8. The third kappa shape index (κ3) is 7.70. The highest BCUT2D eigenvalue weighted by Crippen LogP contribution is 2.28. The summed E-state index contributed by atoms with van der Waals surface area (Å²) >= 11 is 0. The molecule has 2 fully saturated rings. The molecular weight excluding hydrogens is 438 g/mol. The number of aliphatic hydroxyl groups is 2. The van der Waals surface area contributed by atoms with E-state index in [2.05, 4.69) is 10.6 Å². The predicted octanol–water partition coefficient (Wildman–Crippen LogP) is -4.50. The summed E-state index contributed by atoms with van der Waals surface area (Å²) in [5.74, 6) is -0.719. The second kappa shape index (κ2) is 13.3. The molecule has 0 aromatic rings. The molecule has 192 valence electrons. The van der Waals surface area contributed by atoms with E-state index in [9.17, 15) is 19.8 Å². The van der Waals surface area contributed by atoms with Crippen molar-refractivity contribution in [3.63, 3.8) is 0 Å². The molecule has 33 heavy (non-hydrogen) atoms. The number of rotatable bonds is 10. The first kappa shape index (κ1) is 27.6. The summed E-state index contributed by atoms with van der Waals surface area (Å²) in [6.45, 7) is 0.727. The zero-order chi connectivity index (χ0) is 24.5. The SMILES string of the molecule is NCCNC(=O)O[C@@H]1[C@@H](O)[C@H](O[C@H]2O[C@H](CN)CC[C@H]2N)[C@@H](N)C[C@H]1NC(=O)[C@@H](O)CCN. The van der Waals surface area contributed by atoms with Gasteiger partial charge in [0.2, 0.25) is 5.91 Å². The molecule has 1 heterocycles. The van der Waals surface area contributed by atoms with E-state index in [1.54, 1.807) is 0 Å². The van der Waals surface area contributed by atoms with Crippen molar-refractivity contribution in [3.8, 4) is 0 Å². The van der Waals surface area contributed by atoms with Crippen molar-refractivity contribution in [2.24, 2.45) is 28.7 Å². The van der Waals surface area contributed by atoms with Crippen LogP contribution in [0.25, 0.3) is 0 Å². The zero-order valence-electron chi connectivity index (χ0n) is 18.7. The second-order valence-electron chi connectivity index (χ2n) is 8.39. The molecule has 2 amide bonds. The fourth-order valence-electron chi connectivity index (χ4n) is 3.96. The van der Waals surface area contributed by atoms with Crippen LogP contribution < -0.4 is 39.3 Å². The quantitative estimate of drug-likeness (QED) is 0.144. The molecule has 14 nitrogen and oxygen atoms in total. The summed E-state index contributed by atoms with van der Waals surface area (Å²) in [4.78, 5) is 24.5. The number of carbonyl (C=O) groups is 2. The van der Waals surface area contributed by atoms with Crippen LogP contribution >= 0.6 is 0 Å². The molecule has 0 spiro atoms. The Morgan fingerprint density at radius 2 is 1.82 bits per heavy atom. The Hall–Kier alpha value is -1.62. The van der Waals surface area contributed by atoms with Crippen LogP contribution in [0, 0.1) is 0 Å². The van der Waals surface area contributed by atoms with E-state index < -0.39 is 60.8 Å². The number of hydrogen-bond acceptors (Lipinski definition) is 12. The molecule has 9 atom stereocenters. The van der Waals surface area contributed by atoms with Gasteiger partial charge in [0.1, 0.15) is 18.3 Å². The Labute approximate surface area is 192 Å². The van der Waals surface area contributed by atoms with Gasteiger partial charge in [-0.05, 0) is 32.2 Å². The first-order valence-corrected chi connectivity index (χ1v) is 11.2. The van der Waals surface area contributed by atoms with E-state index in [0.29, 0.717) is 12.8 Å². The van der Waals surface area contributed by atoms with Crippen LogP contribution in [0.4, 0.5) is 4.79 Å². The van der Waals surface area contributed by atoms with Gasteiger partial charge in [-0.15, -0.1) is 0 Å². The van der Waals surface area contributed by atoms with Gasteiger partial charge in [-0.25, -0.2) is 4.79 Å². The number of hydrogen-bond donors (Lipinski definition) is 9. The molecule has 1 saturated carbocycles. The van der Waals surface area contributed by atoms with Crippen LogP contribution in [0.15, 0.2) is 0 Å². The summed E-state index contributed by atoms with van der Waals surface area (Å²) in [5, 5.41) is 26.0. The first-order chi connectivity index (χ1) is 15.7. The number of carbonyl (C=O) groups excluding carboxylic acids is 2. The number of amides is 2.